The topological polar surface area (TPSA) is 78.1 Å². The van der Waals surface area contributed by atoms with Crippen molar-refractivity contribution in [1.82, 2.24) is 14.9 Å². The maximum absolute atomic E-state index is 12.6. The molecular formula is C24H25ClN4O2. The molecule has 1 fully saturated rings. The van der Waals surface area contributed by atoms with Crippen LogP contribution in [0.5, 0.6) is 0 Å². The summed E-state index contributed by atoms with van der Waals surface area (Å²) in [5.74, 6) is 0.704. The normalized spacial score (nSPS) is 15.0. The maximum Gasteiger partial charge on any atom is 0.264 e. The number of hydrogen-bond acceptors (Lipinski definition) is 4. The first-order valence-electron chi connectivity index (χ1n) is 10.5. The molecule has 2 heterocycles. The van der Waals surface area contributed by atoms with Gasteiger partial charge in [-0.1, -0.05) is 30.7 Å². The third-order valence-corrected chi connectivity index (χ3v) is 5.91. The summed E-state index contributed by atoms with van der Waals surface area (Å²) in [7, 11) is 0. The molecule has 31 heavy (non-hydrogen) atoms. The van der Waals surface area contributed by atoms with Crippen molar-refractivity contribution in [3.63, 3.8) is 0 Å². The van der Waals surface area contributed by atoms with Crippen LogP contribution in [0.25, 0.3) is 11.4 Å². The van der Waals surface area contributed by atoms with Crippen molar-refractivity contribution in [2.75, 3.05) is 18.4 Å². The highest BCUT2D eigenvalue weighted by Gasteiger charge is 2.16. The maximum atomic E-state index is 12.6. The van der Waals surface area contributed by atoms with Crippen molar-refractivity contribution < 1.29 is 4.79 Å². The molecule has 4 rings (SSSR count). The Balaban J connectivity index is 1.39. The number of amides is 1. The van der Waals surface area contributed by atoms with Crippen LogP contribution in [0, 0.1) is 5.92 Å². The fourth-order valence-electron chi connectivity index (χ4n) is 3.68. The van der Waals surface area contributed by atoms with E-state index in [1.54, 1.807) is 24.3 Å². The number of nitrogens with one attached hydrogen (secondary N) is 2. The van der Waals surface area contributed by atoms with Gasteiger partial charge in [-0.3, -0.25) is 14.5 Å². The summed E-state index contributed by atoms with van der Waals surface area (Å²) in [6.45, 7) is 5.47. The average molecular weight is 437 g/mol. The standard InChI is InChI=1S/C24H25ClN4O2/c1-16-10-12-29(13-11-16)15-17-2-8-20(9-3-17)27-23(30)21-14-26-22(28-24(21)31)18-4-6-19(25)7-5-18/h2-9,14,16H,10-13,15H2,1H3,(H,27,30)(H,26,28,31). The number of anilines is 1. The lowest BCUT2D eigenvalue weighted by atomic mass is 9.99. The van der Waals surface area contributed by atoms with Gasteiger partial charge in [0, 0.05) is 29.0 Å². The molecule has 1 saturated heterocycles. The van der Waals surface area contributed by atoms with Crippen molar-refractivity contribution in [1.29, 1.82) is 0 Å². The third-order valence-electron chi connectivity index (χ3n) is 5.66. The molecule has 0 unspecified atom stereocenters. The van der Waals surface area contributed by atoms with Gasteiger partial charge in [0.25, 0.3) is 11.5 Å². The number of aromatic amines is 1. The van der Waals surface area contributed by atoms with Gasteiger partial charge in [0.05, 0.1) is 0 Å². The van der Waals surface area contributed by atoms with E-state index in [-0.39, 0.29) is 5.56 Å². The highest BCUT2D eigenvalue weighted by molar-refractivity contribution is 6.30. The third kappa shape index (κ3) is 5.40. The van der Waals surface area contributed by atoms with Crippen molar-refractivity contribution in [3.8, 4) is 11.4 Å². The molecule has 1 amide bonds. The van der Waals surface area contributed by atoms with Gasteiger partial charge in [-0.2, -0.15) is 0 Å². The van der Waals surface area contributed by atoms with E-state index >= 15 is 0 Å². The van der Waals surface area contributed by atoms with E-state index in [4.69, 9.17) is 11.6 Å². The number of likely N-dealkylation sites (tertiary alicyclic amines) is 1. The number of H-pyrrole nitrogens is 1. The van der Waals surface area contributed by atoms with Crippen molar-refractivity contribution >= 4 is 23.2 Å². The minimum atomic E-state index is -0.492. The van der Waals surface area contributed by atoms with Crippen molar-refractivity contribution in [2.24, 2.45) is 5.92 Å². The number of carbonyl (C=O) groups excluding carboxylic acids is 1. The summed E-state index contributed by atoms with van der Waals surface area (Å²) >= 11 is 5.89. The molecule has 6 nitrogen and oxygen atoms in total. The molecular weight excluding hydrogens is 412 g/mol. The lowest BCUT2D eigenvalue weighted by Gasteiger charge is -2.30. The van der Waals surface area contributed by atoms with Gasteiger partial charge in [0.2, 0.25) is 0 Å². The summed E-state index contributed by atoms with van der Waals surface area (Å²) in [5.41, 5.74) is 2.03. The number of rotatable bonds is 5. The molecule has 3 aromatic rings. The average Bonchev–Trinajstić information content (AvgIpc) is 2.77. The van der Waals surface area contributed by atoms with Crippen LogP contribution < -0.4 is 10.9 Å². The molecule has 160 valence electrons. The van der Waals surface area contributed by atoms with E-state index in [1.165, 1.54) is 24.6 Å². The van der Waals surface area contributed by atoms with Crippen molar-refractivity contribution in [2.45, 2.75) is 26.3 Å². The zero-order valence-corrected chi connectivity index (χ0v) is 18.2. The zero-order chi connectivity index (χ0) is 21.8. The summed E-state index contributed by atoms with van der Waals surface area (Å²) in [4.78, 5) is 34.3. The molecule has 0 bridgehead atoms. The monoisotopic (exact) mass is 436 g/mol. The predicted molar refractivity (Wildman–Crippen MR) is 123 cm³/mol. The lowest BCUT2D eigenvalue weighted by Crippen LogP contribution is -2.32. The Morgan fingerprint density at radius 2 is 1.81 bits per heavy atom. The Bertz CT molecular complexity index is 1100. The first-order chi connectivity index (χ1) is 15.0. The van der Waals surface area contributed by atoms with E-state index < -0.39 is 11.5 Å². The molecule has 0 atom stereocenters. The van der Waals surface area contributed by atoms with Gasteiger partial charge in [-0.05, 0) is 73.8 Å². The quantitative estimate of drug-likeness (QED) is 0.613. The summed E-state index contributed by atoms with van der Waals surface area (Å²) in [6, 6.07) is 14.7. The molecule has 0 aliphatic carbocycles. The Hall–Kier alpha value is -2.96. The smallest absolute Gasteiger partial charge is 0.264 e. The lowest BCUT2D eigenvalue weighted by molar-refractivity contribution is 0.102. The number of piperidine rings is 1. The second kappa shape index (κ2) is 9.45. The second-order valence-electron chi connectivity index (χ2n) is 8.09. The molecule has 1 aliphatic rings. The molecule has 1 aliphatic heterocycles. The van der Waals surface area contributed by atoms with Gasteiger partial charge in [-0.15, -0.1) is 0 Å². The van der Waals surface area contributed by atoms with Gasteiger partial charge in [0.15, 0.2) is 0 Å². The van der Waals surface area contributed by atoms with Crippen molar-refractivity contribution in [3.05, 3.63) is 81.2 Å². The summed E-state index contributed by atoms with van der Waals surface area (Å²) in [5, 5.41) is 3.37. The Morgan fingerprint density at radius 3 is 2.45 bits per heavy atom. The van der Waals surface area contributed by atoms with Crippen LogP contribution >= 0.6 is 11.6 Å². The van der Waals surface area contributed by atoms with Crippen LogP contribution in [0.4, 0.5) is 5.69 Å². The van der Waals surface area contributed by atoms with Gasteiger partial charge in [0.1, 0.15) is 11.4 Å². The fraction of sp³-hybridized carbons (Fsp3) is 0.292. The van der Waals surface area contributed by atoms with E-state index in [0.717, 1.165) is 25.6 Å². The van der Waals surface area contributed by atoms with E-state index in [9.17, 15) is 9.59 Å². The van der Waals surface area contributed by atoms with Gasteiger partial charge < -0.3 is 10.3 Å². The van der Waals surface area contributed by atoms with E-state index in [0.29, 0.717) is 22.1 Å². The molecule has 7 heteroatoms. The number of hydrogen-bond donors (Lipinski definition) is 2. The molecule has 0 radical (unpaired) electrons. The molecule has 2 aromatic carbocycles. The molecule has 0 saturated carbocycles. The minimum absolute atomic E-state index is 0.0378. The number of nitrogens with zero attached hydrogens (tertiary/aromatic N) is 2. The van der Waals surface area contributed by atoms with E-state index in [1.807, 2.05) is 24.3 Å². The van der Waals surface area contributed by atoms with E-state index in [2.05, 4.69) is 27.1 Å². The van der Waals surface area contributed by atoms with Crippen LogP contribution in [0.1, 0.15) is 35.7 Å². The predicted octanol–water partition coefficient (Wildman–Crippen LogP) is 4.57. The van der Waals surface area contributed by atoms with Crippen LogP contribution in [-0.4, -0.2) is 33.9 Å². The van der Waals surface area contributed by atoms with Crippen LogP contribution in [-0.2, 0) is 6.54 Å². The second-order valence-corrected chi connectivity index (χ2v) is 8.53. The summed E-state index contributed by atoms with van der Waals surface area (Å²) in [6.07, 6.45) is 3.78. The fourth-order valence-corrected chi connectivity index (χ4v) is 3.81. The number of carbonyl (C=O) groups is 1. The van der Waals surface area contributed by atoms with Crippen LogP contribution in [0.2, 0.25) is 5.02 Å². The Morgan fingerprint density at radius 1 is 1.13 bits per heavy atom. The molecule has 1 aromatic heterocycles. The van der Waals surface area contributed by atoms with Gasteiger partial charge >= 0.3 is 0 Å². The highest BCUT2D eigenvalue weighted by atomic mass is 35.5. The Labute approximate surface area is 186 Å². The molecule has 0 spiro atoms. The first-order valence-corrected chi connectivity index (χ1v) is 10.8. The highest BCUT2D eigenvalue weighted by Crippen LogP contribution is 2.20. The number of halogens is 1. The first kappa shape index (κ1) is 21.3. The Kier molecular flexibility index (Phi) is 6.49. The largest absolute Gasteiger partial charge is 0.322 e. The summed E-state index contributed by atoms with van der Waals surface area (Å²) < 4.78 is 0. The minimum Gasteiger partial charge on any atom is -0.322 e. The number of aromatic nitrogens is 2. The van der Waals surface area contributed by atoms with Gasteiger partial charge in [-0.25, -0.2) is 4.98 Å². The zero-order valence-electron chi connectivity index (χ0n) is 17.4. The molecule has 2 N–H and O–H groups in total. The SMILES string of the molecule is CC1CCN(Cc2ccc(NC(=O)c3cnc(-c4ccc(Cl)cc4)[nH]c3=O)cc2)CC1. The van der Waals surface area contributed by atoms with Crippen LogP contribution in [0.15, 0.2) is 59.5 Å². The van der Waals surface area contributed by atoms with Crippen LogP contribution in [0.3, 0.4) is 0 Å². The number of benzene rings is 2.